The number of hydrogen-bond donors (Lipinski definition) is 2. The van der Waals surface area contributed by atoms with Crippen molar-refractivity contribution in [2.24, 2.45) is 0 Å². The first-order chi connectivity index (χ1) is 13.6. The Morgan fingerprint density at radius 1 is 1.14 bits per heavy atom. The molecule has 4 rings (SSSR count). The summed E-state index contributed by atoms with van der Waals surface area (Å²) in [5.41, 5.74) is 4.21. The van der Waals surface area contributed by atoms with E-state index in [0.29, 0.717) is 30.9 Å². The van der Waals surface area contributed by atoms with Gasteiger partial charge in [0.15, 0.2) is 0 Å². The molecule has 0 aliphatic carbocycles. The van der Waals surface area contributed by atoms with E-state index in [1.807, 2.05) is 59.5 Å². The molecule has 6 nitrogen and oxygen atoms in total. The Kier molecular flexibility index (Phi) is 5.04. The second-order valence-electron chi connectivity index (χ2n) is 7.00. The van der Waals surface area contributed by atoms with Crippen molar-refractivity contribution in [3.8, 4) is 11.1 Å². The molecular formula is C22H22N4O2. The van der Waals surface area contributed by atoms with Crippen molar-refractivity contribution in [2.75, 3.05) is 18.4 Å². The number of nitrogens with zero attached hydrogens (tertiary/aromatic N) is 2. The van der Waals surface area contributed by atoms with Gasteiger partial charge in [0.1, 0.15) is 5.82 Å². The molecule has 0 atom stereocenters. The number of carbonyl (C=O) groups is 1. The number of hydrogen-bond acceptors (Lipinski definition) is 4. The number of fused-ring (bicyclic) bond motifs is 1. The molecule has 2 aromatic carbocycles. The van der Waals surface area contributed by atoms with E-state index in [0.717, 1.165) is 22.5 Å². The second kappa shape index (κ2) is 7.78. The first-order valence-corrected chi connectivity index (χ1v) is 9.35. The summed E-state index contributed by atoms with van der Waals surface area (Å²) >= 11 is 0. The van der Waals surface area contributed by atoms with Crippen LogP contribution in [0.3, 0.4) is 0 Å². The third-order valence-electron chi connectivity index (χ3n) is 4.92. The lowest BCUT2D eigenvalue weighted by Gasteiger charge is -2.27. The smallest absolute Gasteiger partial charge is 0.255 e. The predicted molar refractivity (Wildman–Crippen MR) is 109 cm³/mol. The highest BCUT2D eigenvalue weighted by Gasteiger charge is 2.22. The van der Waals surface area contributed by atoms with Crippen LogP contribution in [0, 0.1) is 6.92 Å². The van der Waals surface area contributed by atoms with Crippen molar-refractivity contribution in [2.45, 2.75) is 19.9 Å². The van der Waals surface area contributed by atoms with Crippen LogP contribution in [-0.4, -0.2) is 33.9 Å². The van der Waals surface area contributed by atoms with Crippen molar-refractivity contribution < 1.29 is 4.79 Å². The third kappa shape index (κ3) is 3.87. The summed E-state index contributed by atoms with van der Waals surface area (Å²) in [4.78, 5) is 34.0. The van der Waals surface area contributed by atoms with Crippen LogP contribution >= 0.6 is 0 Å². The van der Waals surface area contributed by atoms with Gasteiger partial charge >= 0.3 is 0 Å². The Labute approximate surface area is 163 Å². The number of aryl methyl sites for hydroxylation is 1. The van der Waals surface area contributed by atoms with Crippen molar-refractivity contribution in [1.29, 1.82) is 0 Å². The van der Waals surface area contributed by atoms with Gasteiger partial charge in [-0.2, -0.15) is 0 Å². The topological polar surface area (TPSA) is 78.1 Å². The van der Waals surface area contributed by atoms with Gasteiger partial charge in [-0.3, -0.25) is 14.5 Å². The summed E-state index contributed by atoms with van der Waals surface area (Å²) in [5, 5.41) is 3.02. The van der Waals surface area contributed by atoms with E-state index in [2.05, 4.69) is 15.3 Å². The number of anilines is 1. The highest BCUT2D eigenvalue weighted by Crippen LogP contribution is 2.27. The molecule has 0 fully saturated rings. The van der Waals surface area contributed by atoms with Crippen molar-refractivity contribution in [3.05, 3.63) is 82.0 Å². The van der Waals surface area contributed by atoms with Crippen LogP contribution in [0.15, 0.2) is 59.4 Å². The van der Waals surface area contributed by atoms with Gasteiger partial charge in [0.05, 0.1) is 17.8 Å². The quantitative estimate of drug-likeness (QED) is 0.736. The summed E-state index contributed by atoms with van der Waals surface area (Å²) in [6.07, 6.45) is 0.675. The van der Waals surface area contributed by atoms with Gasteiger partial charge in [0, 0.05) is 30.8 Å². The van der Waals surface area contributed by atoms with E-state index in [9.17, 15) is 9.59 Å². The summed E-state index contributed by atoms with van der Waals surface area (Å²) < 4.78 is 0. The zero-order valence-corrected chi connectivity index (χ0v) is 15.7. The maximum atomic E-state index is 12.7. The lowest BCUT2D eigenvalue weighted by molar-refractivity contribution is -0.117. The highest BCUT2D eigenvalue weighted by molar-refractivity contribution is 5.96. The molecule has 0 radical (unpaired) electrons. The summed E-state index contributed by atoms with van der Waals surface area (Å²) in [7, 11) is 0. The summed E-state index contributed by atoms with van der Waals surface area (Å²) in [6.45, 7) is 3.16. The van der Waals surface area contributed by atoms with E-state index in [-0.39, 0.29) is 18.0 Å². The van der Waals surface area contributed by atoms with E-state index >= 15 is 0 Å². The van der Waals surface area contributed by atoms with Gasteiger partial charge in [-0.25, -0.2) is 4.98 Å². The predicted octanol–water partition coefficient (Wildman–Crippen LogP) is 2.74. The van der Waals surface area contributed by atoms with Gasteiger partial charge < -0.3 is 10.3 Å². The van der Waals surface area contributed by atoms with Crippen molar-refractivity contribution >= 4 is 11.6 Å². The number of benzene rings is 2. The van der Waals surface area contributed by atoms with E-state index in [4.69, 9.17) is 0 Å². The average Bonchev–Trinajstić information content (AvgIpc) is 2.69. The number of nitrogens with one attached hydrogen (secondary N) is 2. The van der Waals surface area contributed by atoms with Crippen LogP contribution in [0.5, 0.6) is 0 Å². The fraction of sp³-hybridized carbons (Fsp3) is 0.227. The Hall–Kier alpha value is -3.25. The largest absolute Gasteiger partial charge is 0.324 e. The minimum atomic E-state index is -0.109. The number of aromatic nitrogens is 2. The minimum Gasteiger partial charge on any atom is -0.324 e. The molecule has 28 heavy (non-hydrogen) atoms. The number of carbonyl (C=O) groups excluding carboxylic acids is 1. The molecule has 1 aliphatic rings. The van der Waals surface area contributed by atoms with Gasteiger partial charge in [-0.15, -0.1) is 0 Å². The molecule has 2 N–H and O–H groups in total. The lowest BCUT2D eigenvalue weighted by Crippen LogP contribution is -2.40. The van der Waals surface area contributed by atoms with Crippen LogP contribution in [-0.2, 0) is 17.8 Å². The molecule has 3 aromatic rings. The molecule has 1 aromatic heterocycles. The SMILES string of the molecule is Cc1nc2c(c(=O)[nH]1)CN(CC(=O)Nc1ccccc1-c1ccccc1)CC2. The van der Waals surface area contributed by atoms with Crippen LogP contribution in [0.1, 0.15) is 17.1 Å². The Balaban J connectivity index is 1.47. The lowest BCUT2D eigenvalue weighted by atomic mass is 10.0. The van der Waals surface area contributed by atoms with E-state index < -0.39 is 0 Å². The van der Waals surface area contributed by atoms with Crippen LogP contribution in [0.2, 0.25) is 0 Å². The van der Waals surface area contributed by atoms with Crippen LogP contribution in [0.25, 0.3) is 11.1 Å². The van der Waals surface area contributed by atoms with Gasteiger partial charge in [0.25, 0.3) is 5.56 Å². The molecule has 0 unspecified atom stereocenters. The molecule has 0 saturated heterocycles. The highest BCUT2D eigenvalue weighted by atomic mass is 16.2. The van der Waals surface area contributed by atoms with Crippen molar-refractivity contribution in [1.82, 2.24) is 14.9 Å². The van der Waals surface area contributed by atoms with E-state index in [1.165, 1.54) is 0 Å². The summed E-state index contributed by atoms with van der Waals surface area (Å²) in [6, 6.07) is 17.7. The maximum Gasteiger partial charge on any atom is 0.255 e. The number of rotatable bonds is 4. The zero-order valence-electron chi connectivity index (χ0n) is 15.7. The van der Waals surface area contributed by atoms with Crippen LogP contribution in [0.4, 0.5) is 5.69 Å². The molecule has 0 bridgehead atoms. The van der Waals surface area contributed by atoms with Gasteiger partial charge in [-0.05, 0) is 18.6 Å². The zero-order chi connectivity index (χ0) is 19.5. The fourth-order valence-corrected chi connectivity index (χ4v) is 3.59. The minimum absolute atomic E-state index is 0.0941. The summed E-state index contributed by atoms with van der Waals surface area (Å²) in [5.74, 6) is 0.538. The monoisotopic (exact) mass is 374 g/mol. The van der Waals surface area contributed by atoms with Gasteiger partial charge in [-0.1, -0.05) is 48.5 Å². The third-order valence-corrected chi connectivity index (χ3v) is 4.92. The molecule has 0 spiro atoms. The molecule has 0 saturated carbocycles. The van der Waals surface area contributed by atoms with Crippen LogP contribution < -0.4 is 10.9 Å². The number of amides is 1. The van der Waals surface area contributed by atoms with Gasteiger partial charge in [0.2, 0.25) is 5.91 Å². The standard InChI is InChI=1S/C22H22N4O2/c1-15-23-20-11-12-26(13-18(20)22(28)24-15)14-21(27)25-19-10-6-5-9-17(19)16-7-3-2-4-8-16/h2-10H,11-14H2,1H3,(H,25,27)(H,23,24,28). The normalized spacial score (nSPS) is 13.8. The molecular weight excluding hydrogens is 352 g/mol. The number of aromatic amines is 1. The molecule has 1 amide bonds. The second-order valence-corrected chi connectivity index (χ2v) is 7.00. The molecule has 1 aliphatic heterocycles. The first kappa shape index (κ1) is 18.1. The molecule has 2 heterocycles. The number of H-pyrrole nitrogens is 1. The average molecular weight is 374 g/mol. The number of para-hydroxylation sites is 1. The Morgan fingerprint density at radius 3 is 2.71 bits per heavy atom. The Bertz CT molecular complexity index is 1060. The Morgan fingerprint density at radius 2 is 1.89 bits per heavy atom. The maximum absolute atomic E-state index is 12.7. The first-order valence-electron chi connectivity index (χ1n) is 9.35. The fourth-order valence-electron chi connectivity index (χ4n) is 3.59. The van der Waals surface area contributed by atoms with Crippen molar-refractivity contribution in [3.63, 3.8) is 0 Å². The molecule has 6 heteroatoms. The van der Waals surface area contributed by atoms with E-state index in [1.54, 1.807) is 6.92 Å². The molecule has 142 valence electrons.